The van der Waals surface area contributed by atoms with E-state index < -0.39 is 10.8 Å². The number of hydrogen-bond donors (Lipinski definition) is 1. The van der Waals surface area contributed by atoms with E-state index in [4.69, 9.17) is 16.3 Å². The van der Waals surface area contributed by atoms with Crippen LogP contribution < -0.4 is 15.0 Å². The first-order valence-electron chi connectivity index (χ1n) is 10.4. The smallest absolute Gasteiger partial charge is 0.270 e. The molecule has 1 unspecified atom stereocenters. The second kappa shape index (κ2) is 9.07. The highest BCUT2D eigenvalue weighted by molar-refractivity contribution is 8.15. The number of hydrazone groups is 1. The summed E-state index contributed by atoms with van der Waals surface area (Å²) in [6.07, 6.45) is 0.571. The summed E-state index contributed by atoms with van der Waals surface area (Å²) < 4.78 is 5.83. The fourth-order valence-electron chi connectivity index (χ4n) is 3.92. The molecule has 4 rings (SSSR count). The Hall–Kier alpha value is -3.04. The molecule has 10 heteroatoms. The predicted octanol–water partition coefficient (Wildman–Crippen LogP) is 3.62. The Labute approximate surface area is 200 Å². The number of fused-ring (bicyclic) bond motifs is 2. The van der Waals surface area contributed by atoms with E-state index in [1.165, 1.54) is 13.8 Å². The van der Waals surface area contributed by atoms with E-state index in [-0.39, 0.29) is 17.0 Å². The second-order valence-electron chi connectivity index (χ2n) is 7.80. The van der Waals surface area contributed by atoms with Crippen LogP contribution in [-0.2, 0) is 19.3 Å². The van der Waals surface area contributed by atoms with E-state index >= 15 is 0 Å². The van der Waals surface area contributed by atoms with Gasteiger partial charge in [0, 0.05) is 31.0 Å². The SMILES string of the molecule is CC(=O)NC1=NN(C(C)=O)C2(S1)C(=O)N(CCCOc1cccc(C)c1)c1ccc(Cl)cc12. The highest BCUT2D eigenvalue weighted by atomic mass is 35.5. The van der Waals surface area contributed by atoms with Crippen LogP contribution in [-0.4, -0.2) is 41.0 Å². The third-order valence-corrected chi connectivity index (χ3v) is 6.72. The maximum absolute atomic E-state index is 13.8. The summed E-state index contributed by atoms with van der Waals surface area (Å²) in [5.74, 6) is -0.316. The number of ether oxygens (including phenoxy) is 1. The van der Waals surface area contributed by atoms with E-state index in [0.717, 1.165) is 28.1 Å². The molecular weight excluding hydrogens is 464 g/mol. The number of nitrogens with zero attached hydrogens (tertiary/aromatic N) is 3. The lowest BCUT2D eigenvalue weighted by Gasteiger charge is -2.29. The molecule has 0 aliphatic carbocycles. The van der Waals surface area contributed by atoms with E-state index in [1.807, 2.05) is 31.2 Å². The molecule has 0 radical (unpaired) electrons. The maximum atomic E-state index is 13.8. The highest BCUT2D eigenvalue weighted by Gasteiger charge is 2.61. The third kappa shape index (κ3) is 4.30. The summed E-state index contributed by atoms with van der Waals surface area (Å²) in [5, 5.41) is 8.57. The molecule has 2 aliphatic heterocycles. The standard InChI is InChI=1S/C23H23ClN4O4S/c1-14-6-4-7-18(12-14)32-11-5-10-27-20-9-8-17(24)13-19(20)23(21(27)31)28(16(3)30)26-22(33-23)25-15(2)29/h4,6-9,12-13H,5,10-11H2,1-3H3,(H,25,26,29). The van der Waals surface area contributed by atoms with Crippen molar-refractivity contribution in [2.45, 2.75) is 32.1 Å². The summed E-state index contributed by atoms with van der Waals surface area (Å²) in [5.41, 5.74) is 2.31. The lowest BCUT2D eigenvalue weighted by atomic mass is 10.1. The molecular formula is C23H23ClN4O4S. The molecule has 33 heavy (non-hydrogen) atoms. The average Bonchev–Trinajstić information content (AvgIpc) is 3.23. The minimum absolute atomic E-state index is 0.182. The summed E-state index contributed by atoms with van der Waals surface area (Å²) in [6, 6.07) is 12.9. The van der Waals surface area contributed by atoms with Gasteiger partial charge in [-0.1, -0.05) is 23.7 Å². The molecule has 0 fully saturated rings. The van der Waals surface area contributed by atoms with Crippen molar-refractivity contribution in [2.75, 3.05) is 18.1 Å². The minimum Gasteiger partial charge on any atom is -0.494 e. The Kier molecular flexibility index (Phi) is 6.36. The summed E-state index contributed by atoms with van der Waals surface area (Å²) in [6.45, 7) is 5.46. The fourth-order valence-corrected chi connectivity index (χ4v) is 5.42. The number of thioether (sulfide) groups is 1. The van der Waals surface area contributed by atoms with Gasteiger partial charge < -0.3 is 15.0 Å². The number of carbonyl (C=O) groups is 3. The molecule has 0 saturated heterocycles. The molecule has 0 saturated carbocycles. The Morgan fingerprint density at radius 1 is 1.21 bits per heavy atom. The van der Waals surface area contributed by atoms with Crippen molar-refractivity contribution in [2.24, 2.45) is 5.10 Å². The molecule has 8 nitrogen and oxygen atoms in total. The molecule has 1 N–H and O–H groups in total. The van der Waals surface area contributed by atoms with E-state index in [1.54, 1.807) is 23.1 Å². The summed E-state index contributed by atoms with van der Waals surface area (Å²) in [4.78, 5) is 38.1. The number of nitrogens with one attached hydrogen (secondary N) is 1. The average molecular weight is 487 g/mol. The van der Waals surface area contributed by atoms with Gasteiger partial charge in [0.05, 0.1) is 12.3 Å². The number of aryl methyl sites for hydroxylation is 1. The van der Waals surface area contributed by atoms with Crippen LogP contribution in [0.5, 0.6) is 5.75 Å². The van der Waals surface area contributed by atoms with Crippen molar-refractivity contribution in [1.29, 1.82) is 0 Å². The van der Waals surface area contributed by atoms with Crippen LogP contribution in [0, 0.1) is 6.92 Å². The van der Waals surface area contributed by atoms with Crippen molar-refractivity contribution < 1.29 is 19.1 Å². The zero-order valence-corrected chi connectivity index (χ0v) is 20.0. The van der Waals surface area contributed by atoms with Crippen molar-refractivity contribution in [3.63, 3.8) is 0 Å². The molecule has 172 valence electrons. The van der Waals surface area contributed by atoms with Crippen LogP contribution in [0.15, 0.2) is 47.6 Å². The Balaban J connectivity index is 1.59. The third-order valence-electron chi connectivity index (χ3n) is 5.25. The van der Waals surface area contributed by atoms with E-state index in [9.17, 15) is 14.4 Å². The molecule has 2 aromatic carbocycles. The van der Waals surface area contributed by atoms with Crippen LogP contribution in [0.25, 0.3) is 0 Å². The van der Waals surface area contributed by atoms with E-state index in [0.29, 0.717) is 35.8 Å². The first-order valence-corrected chi connectivity index (χ1v) is 11.6. The summed E-state index contributed by atoms with van der Waals surface area (Å²) >= 11 is 7.29. The van der Waals surface area contributed by atoms with Gasteiger partial charge in [-0.05, 0) is 61.0 Å². The molecule has 1 spiro atoms. The Morgan fingerprint density at radius 2 is 2.00 bits per heavy atom. The summed E-state index contributed by atoms with van der Waals surface area (Å²) in [7, 11) is 0. The number of benzene rings is 2. The van der Waals surface area contributed by atoms with Crippen LogP contribution in [0.2, 0.25) is 5.02 Å². The quantitative estimate of drug-likeness (QED) is 0.652. The monoisotopic (exact) mass is 486 g/mol. The Morgan fingerprint density at radius 3 is 2.70 bits per heavy atom. The van der Waals surface area contributed by atoms with Crippen molar-refractivity contribution in [1.82, 2.24) is 10.3 Å². The lowest BCUT2D eigenvalue weighted by molar-refractivity contribution is -0.139. The first kappa shape index (κ1) is 23.1. The van der Waals surface area contributed by atoms with E-state index in [2.05, 4.69) is 10.4 Å². The van der Waals surface area contributed by atoms with Crippen LogP contribution in [0.4, 0.5) is 5.69 Å². The number of amidine groups is 1. The number of carbonyl (C=O) groups excluding carboxylic acids is 3. The molecule has 3 amide bonds. The predicted molar refractivity (Wildman–Crippen MR) is 128 cm³/mol. The number of hydrogen-bond acceptors (Lipinski definition) is 6. The van der Waals surface area contributed by atoms with Crippen molar-refractivity contribution in [3.8, 4) is 5.75 Å². The maximum Gasteiger partial charge on any atom is 0.270 e. The number of halogens is 1. The second-order valence-corrected chi connectivity index (χ2v) is 9.42. The molecule has 0 aromatic heterocycles. The van der Waals surface area contributed by atoms with Gasteiger partial charge in [0.2, 0.25) is 16.7 Å². The minimum atomic E-state index is -1.46. The zero-order valence-electron chi connectivity index (χ0n) is 18.4. The number of anilines is 1. The topological polar surface area (TPSA) is 91.3 Å². The molecule has 0 bridgehead atoms. The molecule has 2 aromatic rings. The molecule has 2 aliphatic rings. The largest absolute Gasteiger partial charge is 0.494 e. The van der Waals surface area contributed by atoms with Gasteiger partial charge in [0.25, 0.3) is 5.91 Å². The van der Waals surface area contributed by atoms with Crippen molar-refractivity contribution >= 4 is 51.9 Å². The van der Waals surface area contributed by atoms with Gasteiger partial charge in [-0.15, -0.1) is 5.10 Å². The van der Waals surface area contributed by atoms with Crippen LogP contribution >= 0.6 is 23.4 Å². The highest BCUT2D eigenvalue weighted by Crippen LogP contribution is 2.54. The van der Waals surface area contributed by atoms with Gasteiger partial charge in [-0.25, -0.2) is 0 Å². The van der Waals surface area contributed by atoms with Gasteiger partial charge in [-0.2, -0.15) is 5.01 Å². The van der Waals surface area contributed by atoms with Gasteiger partial charge in [-0.3, -0.25) is 14.4 Å². The lowest BCUT2D eigenvalue weighted by Crippen LogP contribution is -2.48. The van der Waals surface area contributed by atoms with Gasteiger partial charge in [0.1, 0.15) is 5.75 Å². The van der Waals surface area contributed by atoms with Crippen LogP contribution in [0.1, 0.15) is 31.4 Å². The van der Waals surface area contributed by atoms with Gasteiger partial charge >= 0.3 is 0 Å². The molecule has 2 heterocycles. The first-order chi connectivity index (χ1) is 15.7. The van der Waals surface area contributed by atoms with Crippen molar-refractivity contribution in [3.05, 3.63) is 58.6 Å². The zero-order chi connectivity index (χ0) is 23.8. The Bertz CT molecular complexity index is 1170. The normalized spacial score (nSPS) is 19.0. The number of amides is 3. The fraction of sp³-hybridized carbons (Fsp3) is 0.304. The number of rotatable bonds is 5. The van der Waals surface area contributed by atoms with Crippen LogP contribution in [0.3, 0.4) is 0 Å². The molecule has 1 atom stereocenters. The van der Waals surface area contributed by atoms with Gasteiger partial charge in [0.15, 0.2) is 5.17 Å².